The summed E-state index contributed by atoms with van der Waals surface area (Å²) in [6.45, 7) is 5.31. The highest BCUT2D eigenvalue weighted by Crippen LogP contribution is 2.25. The van der Waals surface area contributed by atoms with Crippen molar-refractivity contribution in [2.24, 2.45) is 0 Å². The molecule has 0 aliphatic carbocycles. The van der Waals surface area contributed by atoms with Crippen LogP contribution in [-0.2, 0) is 32.0 Å². The van der Waals surface area contributed by atoms with Crippen LogP contribution in [0.4, 0.5) is 9.59 Å². The van der Waals surface area contributed by atoms with Gasteiger partial charge in [-0.1, -0.05) is 46.3 Å². The fourth-order valence-corrected chi connectivity index (χ4v) is 3.54. The van der Waals surface area contributed by atoms with E-state index in [1.165, 1.54) is 7.11 Å². The summed E-state index contributed by atoms with van der Waals surface area (Å²) in [4.78, 5) is 37.5. The monoisotopic (exact) mass is 531 g/mol. The smallest absolute Gasteiger partial charge is 0.435 e. The second kappa shape index (κ2) is 10.7. The molecule has 1 unspecified atom stereocenters. The summed E-state index contributed by atoms with van der Waals surface area (Å²) in [5.41, 5.74) is 0.992. The van der Waals surface area contributed by atoms with Crippen molar-refractivity contribution >= 4 is 45.0 Å². The molecule has 34 heavy (non-hydrogen) atoms. The lowest BCUT2D eigenvalue weighted by Crippen LogP contribution is -2.43. The molecule has 9 nitrogen and oxygen atoms in total. The number of aromatic nitrogens is 2. The van der Waals surface area contributed by atoms with Gasteiger partial charge in [-0.15, -0.1) is 0 Å². The molecule has 1 aromatic heterocycles. The van der Waals surface area contributed by atoms with Crippen LogP contribution < -0.4 is 5.32 Å². The maximum absolute atomic E-state index is 12.7. The molecule has 0 aliphatic rings. The molecular weight excluding hydrogens is 506 g/mol. The molecule has 0 saturated heterocycles. The predicted octanol–water partition coefficient (Wildman–Crippen LogP) is 4.59. The summed E-state index contributed by atoms with van der Waals surface area (Å²) in [5.74, 6) is -0.674. The summed E-state index contributed by atoms with van der Waals surface area (Å²) < 4.78 is 17.4. The van der Waals surface area contributed by atoms with Gasteiger partial charge in [-0.2, -0.15) is 9.78 Å². The summed E-state index contributed by atoms with van der Waals surface area (Å²) in [7, 11) is 1.22. The van der Waals surface area contributed by atoms with E-state index in [2.05, 4.69) is 26.3 Å². The Kier molecular flexibility index (Phi) is 7.93. The van der Waals surface area contributed by atoms with Crippen molar-refractivity contribution in [2.75, 3.05) is 7.11 Å². The van der Waals surface area contributed by atoms with E-state index in [-0.39, 0.29) is 13.0 Å². The third-order valence-corrected chi connectivity index (χ3v) is 5.17. The van der Waals surface area contributed by atoms with Crippen molar-refractivity contribution in [3.63, 3.8) is 0 Å². The van der Waals surface area contributed by atoms with E-state index in [9.17, 15) is 14.4 Å². The van der Waals surface area contributed by atoms with Gasteiger partial charge in [0, 0.05) is 16.3 Å². The number of hydrogen-bond donors (Lipinski definition) is 1. The number of methoxy groups -OCH3 is 1. The van der Waals surface area contributed by atoms with Gasteiger partial charge in [0.2, 0.25) is 0 Å². The first-order valence-electron chi connectivity index (χ1n) is 10.5. The number of carbonyl (C=O) groups excluding carboxylic acids is 3. The van der Waals surface area contributed by atoms with Gasteiger partial charge in [-0.25, -0.2) is 14.4 Å². The van der Waals surface area contributed by atoms with Gasteiger partial charge in [-0.3, -0.25) is 0 Å². The number of alkyl carbamates (subject to hydrolysis) is 1. The van der Waals surface area contributed by atoms with Crippen LogP contribution in [-0.4, -0.2) is 46.7 Å². The van der Waals surface area contributed by atoms with Crippen LogP contribution >= 0.6 is 15.9 Å². The van der Waals surface area contributed by atoms with Crippen LogP contribution in [0.25, 0.3) is 10.9 Å². The van der Waals surface area contributed by atoms with Crippen LogP contribution in [0.2, 0.25) is 0 Å². The zero-order valence-electron chi connectivity index (χ0n) is 19.3. The SMILES string of the molecule is COC(=O)C(Cc1nn(C(=O)OC(C)(C)C)c2ccc(Br)cc12)NC(=O)OCc1ccccc1. The van der Waals surface area contributed by atoms with Crippen LogP contribution in [0.1, 0.15) is 32.0 Å². The lowest BCUT2D eigenvalue weighted by atomic mass is 10.1. The molecule has 1 heterocycles. The molecule has 0 aliphatic heterocycles. The number of fused-ring (bicyclic) bond motifs is 1. The zero-order chi connectivity index (χ0) is 24.9. The lowest BCUT2D eigenvalue weighted by molar-refractivity contribution is -0.143. The first-order chi connectivity index (χ1) is 16.1. The first-order valence-corrected chi connectivity index (χ1v) is 11.3. The molecule has 2 aromatic carbocycles. The van der Waals surface area contributed by atoms with Gasteiger partial charge in [0.1, 0.15) is 18.2 Å². The molecule has 3 aromatic rings. The highest BCUT2D eigenvalue weighted by atomic mass is 79.9. The Hall–Kier alpha value is -3.40. The van der Waals surface area contributed by atoms with Crippen LogP contribution in [0.3, 0.4) is 0 Å². The average molecular weight is 532 g/mol. The molecule has 0 fully saturated rings. The number of halogens is 1. The van der Waals surface area contributed by atoms with E-state index in [4.69, 9.17) is 14.2 Å². The van der Waals surface area contributed by atoms with Crippen LogP contribution in [0.5, 0.6) is 0 Å². The van der Waals surface area contributed by atoms with E-state index >= 15 is 0 Å². The van der Waals surface area contributed by atoms with E-state index in [0.717, 1.165) is 14.7 Å². The Morgan fingerprint density at radius 3 is 2.47 bits per heavy atom. The normalized spacial score (nSPS) is 12.1. The number of carbonyl (C=O) groups is 3. The molecule has 3 rings (SSSR count). The number of rotatable bonds is 6. The highest BCUT2D eigenvalue weighted by molar-refractivity contribution is 9.10. The fraction of sp³-hybridized carbons (Fsp3) is 0.333. The number of hydrogen-bond acceptors (Lipinski definition) is 7. The molecule has 10 heteroatoms. The molecule has 1 N–H and O–H groups in total. The maximum atomic E-state index is 12.7. The minimum Gasteiger partial charge on any atom is -0.467 e. The number of amides is 1. The second-order valence-corrected chi connectivity index (χ2v) is 9.40. The Labute approximate surface area is 205 Å². The Bertz CT molecular complexity index is 1190. The minimum atomic E-state index is -1.09. The van der Waals surface area contributed by atoms with Crippen molar-refractivity contribution in [2.45, 2.75) is 45.4 Å². The maximum Gasteiger partial charge on any atom is 0.435 e. The van der Waals surface area contributed by atoms with Crippen molar-refractivity contribution in [3.8, 4) is 0 Å². The van der Waals surface area contributed by atoms with E-state index in [0.29, 0.717) is 16.6 Å². The standard InChI is InChI=1S/C24H26BrN3O6/c1-24(2,3)34-23(31)28-20-11-10-16(25)12-17(20)18(27-28)13-19(21(29)32-4)26-22(30)33-14-15-8-6-5-7-9-15/h5-12,19H,13-14H2,1-4H3,(H,26,30). The average Bonchev–Trinajstić information content (AvgIpc) is 3.14. The number of benzene rings is 2. The third-order valence-electron chi connectivity index (χ3n) is 4.67. The van der Waals surface area contributed by atoms with Crippen molar-refractivity contribution in [1.29, 1.82) is 0 Å². The first kappa shape index (κ1) is 25.2. The fourth-order valence-electron chi connectivity index (χ4n) is 3.18. The summed E-state index contributed by atoms with van der Waals surface area (Å²) in [5, 5.41) is 7.54. The molecule has 1 amide bonds. The van der Waals surface area contributed by atoms with Crippen LogP contribution in [0.15, 0.2) is 53.0 Å². The summed E-state index contributed by atoms with van der Waals surface area (Å²) in [6.07, 6.45) is -1.47. The summed E-state index contributed by atoms with van der Waals surface area (Å²) in [6, 6.07) is 13.3. The molecular formula is C24H26BrN3O6. The van der Waals surface area contributed by atoms with Crippen molar-refractivity contribution in [3.05, 3.63) is 64.3 Å². The molecule has 0 radical (unpaired) electrons. The zero-order valence-corrected chi connectivity index (χ0v) is 20.9. The van der Waals surface area contributed by atoms with Crippen molar-refractivity contribution in [1.82, 2.24) is 15.1 Å². The van der Waals surface area contributed by atoms with E-state index in [1.54, 1.807) is 39.0 Å². The second-order valence-electron chi connectivity index (χ2n) is 8.49. The topological polar surface area (TPSA) is 109 Å². The minimum absolute atomic E-state index is 0.0319. The molecule has 0 saturated carbocycles. The molecule has 1 atom stereocenters. The Morgan fingerprint density at radius 1 is 1.12 bits per heavy atom. The summed E-state index contributed by atoms with van der Waals surface area (Å²) >= 11 is 3.42. The number of nitrogens with one attached hydrogen (secondary N) is 1. The third kappa shape index (κ3) is 6.57. The molecule has 0 bridgehead atoms. The van der Waals surface area contributed by atoms with Gasteiger partial charge >= 0.3 is 18.2 Å². The van der Waals surface area contributed by atoms with E-state index < -0.39 is 29.8 Å². The quantitative estimate of drug-likeness (QED) is 0.365. The van der Waals surface area contributed by atoms with Gasteiger partial charge < -0.3 is 19.5 Å². The number of nitrogens with zero attached hydrogens (tertiary/aromatic N) is 2. The van der Waals surface area contributed by atoms with E-state index in [1.807, 2.05) is 30.3 Å². The van der Waals surface area contributed by atoms with Gasteiger partial charge in [0.15, 0.2) is 0 Å². The van der Waals surface area contributed by atoms with Gasteiger partial charge in [0.05, 0.1) is 18.3 Å². The largest absolute Gasteiger partial charge is 0.467 e. The lowest BCUT2D eigenvalue weighted by Gasteiger charge is -2.19. The number of esters is 1. The van der Waals surface area contributed by atoms with Gasteiger partial charge in [-0.05, 0) is 44.5 Å². The highest BCUT2D eigenvalue weighted by Gasteiger charge is 2.28. The Morgan fingerprint density at radius 2 is 1.82 bits per heavy atom. The predicted molar refractivity (Wildman–Crippen MR) is 128 cm³/mol. The van der Waals surface area contributed by atoms with Gasteiger partial charge in [0.25, 0.3) is 0 Å². The van der Waals surface area contributed by atoms with Crippen LogP contribution in [0, 0.1) is 0 Å². The van der Waals surface area contributed by atoms with Crippen molar-refractivity contribution < 1.29 is 28.6 Å². The Balaban J connectivity index is 1.84. The molecule has 180 valence electrons. The number of ether oxygens (including phenoxy) is 3. The molecule has 0 spiro atoms.